The molecule has 84 valence electrons. The molecule has 0 bridgehead atoms. The number of nitrogens with zero attached hydrogens (tertiary/aromatic N) is 3. The molecule has 0 aromatic carbocycles. The van der Waals surface area contributed by atoms with Crippen LogP contribution in [0.15, 0.2) is 30.0 Å². The van der Waals surface area contributed by atoms with E-state index in [1.54, 1.807) is 23.1 Å². The van der Waals surface area contributed by atoms with Gasteiger partial charge in [0.05, 0.1) is 22.3 Å². The lowest BCUT2D eigenvalue weighted by molar-refractivity contribution is 0.112. The van der Waals surface area contributed by atoms with Gasteiger partial charge in [-0.1, -0.05) is 11.6 Å². The largest absolute Gasteiger partial charge is 0.297 e. The molecule has 0 aliphatic carbocycles. The quantitative estimate of drug-likeness (QED) is 0.668. The first kappa shape index (κ1) is 10.4. The fraction of sp³-hybridized carbons (Fsp3) is 0. The van der Waals surface area contributed by atoms with Crippen molar-refractivity contribution >= 4 is 34.9 Å². The van der Waals surface area contributed by atoms with Crippen LogP contribution in [0.25, 0.3) is 16.8 Å². The van der Waals surface area contributed by atoms with Crippen molar-refractivity contribution in [3.8, 4) is 11.1 Å². The summed E-state index contributed by atoms with van der Waals surface area (Å²) in [4.78, 5) is 15.6. The highest BCUT2D eigenvalue weighted by molar-refractivity contribution is 7.12. The SMILES string of the molecule is O=Cc1cc(-c2cnn3cc(Cl)cnc23)cs1. The molecule has 0 aliphatic heterocycles. The Balaban J connectivity index is 2.20. The molecule has 0 saturated heterocycles. The van der Waals surface area contributed by atoms with Crippen molar-refractivity contribution in [2.45, 2.75) is 0 Å². The average Bonchev–Trinajstić information content (AvgIpc) is 2.93. The number of fused-ring (bicyclic) bond motifs is 1. The molecule has 0 amide bonds. The van der Waals surface area contributed by atoms with E-state index in [9.17, 15) is 4.79 Å². The van der Waals surface area contributed by atoms with E-state index in [0.29, 0.717) is 9.90 Å². The predicted octanol–water partition coefficient (Wildman–Crippen LogP) is 2.92. The molecular weight excluding hydrogens is 258 g/mol. The normalized spacial score (nSPS) is 10.9. The van der Waals surface area contributed by atoms with E-state index in [-0.39, 0.29) is 0 Å². The van der Waals surface area contributed by atoms with Crippen LogP contribution in [0.3, 0.4) is 0 Å². The van der Waals surface area contributed by atoms with Crippen molar-refractivity contribution in [3.05, 3.63) is 39.9 Å². The first-order chi connectivity index (χ1) is 8.28. The van der Waals surface area contributed by atoms with Crippen LogP contribution in [0.5, 0.6) is 0 Å². The van der Waals surface area contributed by atoms with Crippen LogP contribution in [0, 0.1) is 0 Å². The smallest absolute Gasteiger partial charge is 0.162 e. The third-order valence-corrected chi connectivity index (χ3v) is 3.43. The van der Waals surface area contributed by atoms with Crippen molar-refractivity contribution in [3.63, 3.8) is 0 Å². The minimum atomic E-state index is 0.533. The molecule has 0 spiro atoms. The Kier molecular flexibility index (Phi) is 2.42. The third-order valence-electron chi connectivity index (χ3n) is 2.37. The van der Waals surface area contributed by atoms with Gasteiger partial charge in [0, 0.05) is 11.8 Å². The molecule has 0 unspecified atom stereocenters. The van der Waals surface area contributed by atoms with Crippen LogP contribution in [0.1, 0.15) is 9.67 Å². The van der Waals surface area contributed by atoms with E-state index < -0.39 is 0 Å². The highest BCUT2D eigenvalue weighted by Gasteiger charge is 2.10. The molecule has 0 radical (unpaired) electrons. The van der Waals surface area contributed by atoms with Crippen LogP contribution < -0.4 is 0 Å². The van der Waals surface area contributed by atoms with Crippen LogP contribution in [-0.2, 0) is 0 Å². The van der Waals surface area contributed by atoms with Crippen LogP contribution >= 0.6 is 22.9 Å². The molecule has 0 N–H and O–H groups in total. The molecule has 0 atom stereocenters. The summed E-state index contributed by atoms with van der Waals surface area (Å²) in [7, 11) is 0. The minimum Gasteiger partial charge on any atom is -0.297 e. The van der Waals surface area contributed by atoms with Crippen LogP contribution in [0.2, 0.25) is 5.02 Å². The standard InChI is InChI=1S/C11H6ClN3OS/c12-8-2-13-11-10(3-14-15(11)4-8)7-1-9(5-16)17-6-7/h1-6H. The third kappa shape index (κ3) is 1.73. The Hall–Kier alpha value is -1.72. The fourth-order valence-corrected chi connectivity index (χ4v) is 2.46. The lowest BCUT2D eigenvalue weighted by Gasteiger charge is -1.95. The van der Waals surface area contributed by atoms with Gasteiger partial charge < -0.3 is 0 Å². The summed E-state index contributed by atoms with van der Waals surface area (Å²) in [6.07, 6.45) is 5.83. The monoisotopic (exact) mass is 263 g/mol. The summed E-state index contributed by atoms with van der Waals surface area (Å²) in [5.41, 5.74) is 2.57. The van der Waals surface area contributed by atoms with Gasteiger partial charge in [0.25, 0.3) is 0 Å². The number of hydrogen-bond donors (Lipinski definition) is 0. The van der Waals surface area contributed by atoms with Crippen LogP contribution in [0.4, 0.5) is 0 Å². The summed E-state index contributed by atoms with van der Waals surface area (Å²) in [5.74, 6) is 0. The van der Waals surface area contributed by atoms with Crippen molar-refractivity contribution < 1.29 is 4.79 Å². The van der Waals surface area contributed by atoms with Gasteiger partial charge >= 0.3 is 0 Å². The Labute approximate surface area is 105 Å². The van der Waals surface area contributed by atoms with Crippen molar-refractivity contribution in [2.24, 2.45) is 0 Å². The van der Waals surface area contributed by atoms with Gasteiger partial charge in [-0.05, 0) is 17.0 Å². The second-order valence-electron chi connectivity index (χ2n) is 3.45. The molecule has 0 aliphatic rings. The Morgan fingerprint density at radius 1 is 1.41 bits per heavy atom. The van der Waals surface area contributed by atoms with Gasteiger partial charge in [0.1, 0.15) is 0 Å². The zero-order chi connectivity index (χ0) is 11.8. The second-order valence-corrected chi connectivity index (χ2v) is 4.83. The molecule has 3 aromatic heterocycles. The molecule has 0 saturated carbocycles. The Bertz CT molecular complexity index is 704. The number of aldehydes is 1. The number of carbonyl (C=O) groups is 1. The first-order valence-electron chi connectivity index (χ1n) is 4.81. The topological polar surface area (TPSA) is 47.3 Å². The van der Waals surface area contributed by atoms with Gasteiger partial charge in [0.2, 0.25) is 0 Å². The molecule has 6 heteroatoms. The number of hydrogen-bond acceptors (Lipinski definition) is 4. The predicted molar refractivity (Wildman–Crippen MR) is 66.7 cm³/mol. The zero-order valence-electron chi connectivity index (χ0n) is 8.50. The average molecular weight is 264 g/mol. The van der Waals surface area contributed by atoms with Crippen LogP contribution in [-0.4, -0.2) is 20.9 Å². The maximum atomic E-state index is 10.7. The number of halogens is 1. The number of rotatable bonds is 2. The van der Waals surface area contributed by atoms with Crippen molar-refractivity contribution in [1.29, 1.82) is 0 Å². The summed E-state index contributed by atoms with van der Waals surface area (Å²) in [5, 5.41) is 6.62. The molecular formula is C11H6ClN3OS. The van der Waals surface area contributed by atoms with Crippen molar-refractivity contribution in [1.82, 2.24) is 14.6 Å². The molecule has 3 heterocycles. The highest BCUT2D eigenvalue weighted by atomic mass is 35.5. The fourth-order valence-electron chi connectivity index (χ4n) is 1.61. The van der Waals surface area contributed by atoms with E-state index in [0.717, 1.165) is 23.1 Å². The minimum absolute atomic E-state index is 0.533. The van der Waals surface area contributed by atoms with Gasteiger partial charge in [-0.15, -0.1) is 11.3 Å². The second kappa shape index (κ2) is 3.94. The van der Waals surface area contributed by atoms with Gasteiger partial charge in [0.15, 0.2) is 11.9 Å². The maximum absolute atomic E-state index is 10.7. The Morgan fingerprint density at radius 2 is 2.29 bits per heavy atom. The molecule has 3 aromatic rings. The zero-order valence-corrected chi connectivity index (χ0v) is 10.1. The Morgan fingerprint density at radius 3 is 3.06 bits per heavy atom. The lowest BCUT2D eigenvalue weighted by atomic mass is 10.2. The number of aromatic nitrogens is 3. The lowest BCUT2D eigenvalue weighted by Crippen LogP contribution is -1.88. The molecule has 3 rings (SSSR count). The van der Waals surface area contributed by atoms with E-state index >= 15 is 0 Å². The summed E-state index contributed by atoms with van der Waals surface area (Å²) >= 11 is 7.23. The first-order valence-corrected chi connectivity index (χ1v) is 6.06. The maximum Gasteiger partial charge on any atom is 0.162 e. The van der Waals surface area contributed by atoms with Gasteiger partial charge in [-0.25, -0.2) is 9.50 Å². The molecule has 4 nitrogen and oxygen atoms in total. The van der Waals surface area contributed by atoms with E-state index in [1.807, 2.05) is 11.4 Å². The van der Waals surface area contributed by atoms with E-state index in [2.05, 4.69) is 10.1 Å². The van der Waals surface area contributed by atoms with Gasteiger partial charge in [-0.3, -0.25) is 4.79 Å². The summed E-state index contributed by atoms with van der Waals surface area (Å²) < 4.78 is 1.62. The van der Waals surface area contributed by atoms with Crippen molar-refractivity contribution in [2.75, 3.05) is 0 Å². The van der Waals surface area contributed by atoms with E-state index in [1.165, 1.54) is 11.3 Å². The number of thiophene rings is 1. The summed E-state index contributed by atoms with van der Waals surface area (Å²) in [6, 6.07) is 1.82. The van der Waals surface area contributed by atoms with Gasteiger partial charge in [-0.2, -0.15) is 5.10 Å². The molecule has 0 fully saturated rings. The molecule has 17 heavy (non-hydrogen) atoms. The number of carbonyl (C=O) groups excluding carboxylic acids is 1. The highest BCUT2D eigenvalue weighted by Crippen LogP contribution is 2.27. The van der Waals surface area contributed by atoms with E-state index in [4.69, 9.17) is 11.6 Å². The summed E-state index contributed by atoms with van der Waals surface area (Å²) in [6.45, 7) is 0.